The lowest BCUT2D eigenvalue weighted by atomic mass is 10.0. The fourth-order valence-electron chi connectivity index (χ4n) is 3.58. The van der Waals surface area contributed by atoms with Gasteiger partial charge in [0.15, 0.2) is 0 Å². The zero-order chi connectivity index (χ0) is 22.8. The molecule has 0 saturated heterocycles. The van der Waals surface area contributed by atoms with Crippen LogP contribution in [-0.4, -0.2) is 48.3 Å². The number of carbonyl (C=O) groups excluding carboxylic acids is 3. The standard InChI is InChI=1S/C24H32N4O3/c1-5-28(6-2)23(12-19-10-8-7-9-11-19)16-25-24(31)20-13-21(26-17(3)29)15-22(14-20)27-18(4)30/h7-11,13-15,23H,5-6,12,16H2,1-4H3,(H,25,31)(H,26,29)(H,27,30)/t23-/m1/s1. The van der Waals surface area contributed by atoms with Crippen molar-refractivity contribution in [3.63, 3.8) is 0 Å². The van der Waals surface area contributed by atoms with Crippen LogP contribution in [0.5, 0.6) is 0 Å². The van der Waals surface area contributed by atoms with Gasteiger partial charge in [0.1, 0.15) is 0 Å². The van der Waals surface area contributed by atoms with E-state index in [1.165, 1.54) is 19.4 Å². The Hall–Kier alpha value is -3.19. The average molecular weight is 425 g/mol. The van der Waals surface area contributed by atoms with Gasteiger partial charge in [0.25, 0.3) is 5.91 Å². The summed E-state index contributed by atoms with van der Waals surface area (Å²) in [7, 11) is 0. The highest BCUT2D eigenvalue weighted by Crippen LogP contribution is 2.20. The van der Waals surface area contributed by atoms with E-state index in [1.807, 2.05) is 18.2 Å². The van der Waals surface area contributed by atoms with E-state index in [0.29, 0.717) is 23.5 Å². The van der Waals surface area contributed by atoms with E-state index in [4.69, 9.17) is 0 Å². The summed E-state index contributed by atoms with van der Waals surface area (Å²) in [5, 5.41) is 8.36. The molecule has 7 nitrogen and oxygen atoms in total. The summed E-state index contributed by atoms with van der Waals surface area (Å²) in [4.78, 5) is 38.2. The van der Waals surface area contributed by atoms with E-state index >= 15 is 0 Å². The number of amides is 3. The Morgan fingerprint density at radius 2 is 1.42 bits per heavy atom. The SMILES string of the molecule is CCN(CC)[C@@H](CNC(=O)c1cc(NC(C)=O)cc(NC(C)=O)c1)Cc1ccccc1. The van der Waals surface area contributed by atoms with Gasteiger partial charge in [-0.15, -0.1) is 0 Å². The van der Waals surface area contributed by atoms with E-state index in [0.717, 1.165) is 19.5 Å². The zero-order valence-electron chi connectivity index (χ0n) is 18.7. The highest BCUT2D eigenvalue weighted by Gasteiger charge is 2.18. The van der Waals surface area contributed by atoms with Crippen molar-refractivity contribution >= 4 is 29.1 Å². The molecule has 0 fully saturated rings. The third kappa shape index (κ3) is 7.86. The topological polar surface area (TPSA) is 90.5 Å². The normalized spacial score (nSPS) is 11.6. The van der Waals surface area contributed by atoms with Crippen LogP contribution in [0.2, 0.25) is 0 Å². The van der Waals surface area contributed by atoms with Crippen LogP contribution in [0, 0.1) is 0 Å². The average Bonchev–Trinajstić information content (AvgIpc) is 2.72. The summed E-state index contributed by atoms with van der Waals surface area (Å²) in [6.45, 7) is 9.25. The van der Waals surface area contributed by atoms with Crippen molar-refractivity contribution in [1.82, 2.24) is 10.2 Å². The molecule has 166 valence electrons. The molecule has 7 heteroatoms. The molecule has 0 bridgehead atoms. The van der Waals surface area contributed by atoms with Gasteiger partial charge in [-0.05, 0) is 43.3 Å². The number of nitrogens with one attached hydrogen (secondary N) is 3. The second kappa shape index (κ2) is 11.9. The molecular weight excluding hydrogens is 392 g/mol. The largest absolute Gasteiger partial charge is 0.350 e. The van der Waals surface area contributed by atoms with Crippen molar-refractivity contribution in [1.29, 1.82) is 0 Å². The van der Waals surface area contributed by atoms with Crippen LogP contribution < -0.4 is 16.0 Å². The number of hydrogen-bond acceptors (Lipinski definition) is 4. The fraction of sp³-hybridized carbons (Fsp3) is 0.375. The highest BCUT2D eigenvalue weighted by molar-refractivity contribution is 5.99. The molecule has 2 aromatic carbocycles. The minimum atomic E-state index is -0.260. The van der Waals surface area contributed by atoms with Crippen molar-refractivity contribution in [2.45, 2.75) is 40.2 Å². The van der Waals surface area contributed by atoms with Crippen LogP contribution in [-0.2, 0) is 16.0 Å². The Bertz CT molecular complexity index is 861. The summed E-state index contributed by atoms with van der Waals surface area (Å²) in [5.41, 5.74) is 2.49. The molecule has 0 aliphatic rings. The van der Waals surface area contributed by atoms with Gasteiger partial charge in [-0.1, -0.05) is 44.2 Å². The summed E-state index contributed by atoms with van der Waals surface area (Å²) >= 11 is 0. The molecule has 0 unspecified atom stereocenters. The third-order valence-corrected chi connectivity index (χ3v) is 4.98. The van der Waals surface area contributed by atoms with Gasteiger partial charge in [0.05, 0.1) is 0 Å². The Labute approximate surface area is 184 Å². The smallest absolute Gasteiger partial charge is 0.251 e. The van der Waals surface area contributed by atoms with Gasteiger partial charge < -0.3 is 16.0 Å². The number of hydrogen-bond donors (Lipinski definition) is 3. The van der Waals surface area contributed by atoms with Gasteiger partial charge in [-0.3, -0.25) is 19.3 Å². The quantitative estimate of drug-likeness (QED) is 0.546. The fourth-order valence-corrected chi connectivity index (χ4v) is 3.58. The van der Waals surface area contributed by atoms with E-state index in [2.05, 4.69) is 46.8 Å². The number of nitrogens with zero attached hydrogens (tertiary/aromatic N) is 1. The van der Waals surface area contributed by atoms with Crippen molar-refractivity contribution in [2.75, 3.05) is 30.3 Å². The molecular formula is C24H32N4O3. The van der Waals surface area contributed by atoms with Gasteiger partial charge in [0, 0.05) is 43.4 Å². The molecule has 3 N–H and O–H groups in total. The van der Waals surface area contributed by atoms with E-state index in [9.17, 15) is 14.4 Å². The number of anilines is 2. The molecule has 0 aromatic heterocycles. The van der Waals surface area contributed by atoms with Crippen molar-refractivity contribution in [3.05, 3.63) is 59.7 Å². The first kappa shape index (κ1) is 24.1. The second-order valence-electron chi connectivity index (χ2n) is 7.44. The zero-order valence-corrected chi connectivity index (χ0v) is 18.7. The van der Waals surface area contributed by atoms with Crippen molar-refractivity contribution in [2.24, 2.45) is 0 Å². The van der Waals surface area contributed by atoms with Crippen molar-refractivity contribution < 1.29 is 14.4 Å². The van der Waals surface area contributed by atoms with Gasteiger partial charge >= 0.3 is 0 Å². The van der Waals surface area contributed by atoms with Crippen molar-refractivity contribution in [3.8, 4) is 0 Å². The van der Waals surface area contributed by atoms with E-state index in [1.54, 1.807) is 18.2 Å². The monoisotopic (exact) mass is 424 g/mol. The third-order valence-electron chi connectivity index (χ3n) is 4.98. The minimum Gasteiger partial charge on any atom is -0.350 e. The van der Waals surface area contributed by atoms with Gasteiger partial charge in [-0.25, -0.2) is 0 Å². The van der Waals surface area contributed by atoms with E-state index in [-0.39, 0.29) is 23.8 Å². The summed E-state index contributed by atoms with van der Waals surface area (Å²) in [5.74, 6) is -0.768. The maximum absolute atomic E-state index is 12.9. The molecule has 2 rings (SSSR count). The second-order valence-corrected chi connectivity index (χ2v) is 7.44. The lowest BCUT2D eigenvalue weighted by Gasteiger charge is -2.30. The van der Waals surface area contributed by atoms with Crippen LogP contribution in [0.15, 0.2) is 48.5 Å². The molecule has 1 atom stereocenters. The molecule has 2 aromatic rings. The highest BCUT2D eigenvalue weighted by atomic mass is 16.2. The number of benzene rings is 2. The maximum Gasteiger partial charge on any atom is 0.251 e. The van der Waals surface area contributed by atoms with E-state index < -0.39 is 0 Å². The van der Waals surface area contributed by atoms with Crippen LogP contribution in [0.25, 0.3) is 0 Å². The first-order chi connectivity index (χ1) is 14.8. The molecule has 0 spiro atoms. The summed E-state index contributed by atoms with van der Waals surface area (Å²) in [6.07, 6.45) is 0.825. The van der Waals surface area contributed by atoms with Crippen LogP contribution >= 0.6 is 0 Å². The molecule has 31 heavy (non-hydrogen) atoms. The number of rotatable bonds is 10. The van der Waals surface area contributed by atoms with Crippen LogP contribution in [0.3, 0.4) is 0 Å². The number of likely N-dealkylation sites (N-methyl/N-ethyl adjacent to an activating group) is 1. The molecule has 0 radical (unpaired) electrons. The molecule has 0 heterocycles. The summed E-state index contributed by atoms with van der Waals surface area (Å²) < 4.78 is 0. The first-order valence-electron chi connectivity index (χ1n) is 10.6. The van der Waals surface area contributed by atoms with Crippen LogP contribution in [0.4, 0.5) is 11.4 Å². The molecule has 0 saturated carbocycles. The Balaban J connectivity index is 2.18. The predicted octanol–water partition coefficient (Wildman–Crippen LogP) is 3.29. The lowest BCUT2D eigenvalue weighted by molar-refractivity contribution is -0.115. The molecule has 0 aliphatic carbocycles. The number of carbonyl (C=O) groups is 3. The predicted molar refractivity (Wildman–Crippen MR) is 124 cm³/mol. The Morgan fingerprint density at radius 3 is 1.90 bits per heavy atom. The molecule has 3 amide bonds. The maximum atomic E-state index is 12.9. The van der Waals surface area contributed by atoms with Gasteiger partial charge in [0.2, 0.25) is 11.8 Å². The Kier molecular flexibility index (Phi) is 9.21. The summed E-state index contributed by atoms with van der Waals surface area (Å²) in [6, 6.07) is 15.2. The first-order valence-corrected chi connectivity index (χ1v) is 10.6. The minimum absolute atomic E-state index is 0.148. The lowest BCUT2D eigenvalue weighted by Crippen LogP contribution is -2.45. The Morgan fingerprint density at radius 1 is 0.871 bits per heavy atom. The van der Waals surface area contributed by atoms with Crippen LogP contribution in [0.1, 0.15) is 43.6 Å². The molecule has 0 aliphatic heterocycles. The van der Waals surface area contributed by atoms with Gasteiger partial charge in [-0.2, -0.15) is 0 Å².